The van der Waals surface area contributed by atoms with Crippen LogP contribution in [0.4, 0.5) is 5.69 Å². The number of amides is 2. The van der Waals surface area contributed by atoms with E-state index in [1.807, 2.05) is 18.2 Å². The van der Waals surface area contributed by atoms with Crippen molar-refractivity contribution in [3.8, 4) is 6.07 Å². The predicted molar refractivity (Wildman–Crippen MR) is 108 cm³/mol. The SMILES string of the molecule is N#Cc1cc(NC(=O)C2CCN(C(=O)c3ccc(Br)cc3)CC2)ccc1Cl. The third-order valence-electron chi connectivity index (χ3n) is 4.60. The molecule has 27 heavy (non-hydrogen) atoms. The molecule has 2 aromatic carbocycles. The minimum absolute atomic E-state index is 0.0160. The van der Waals surface area contributed by atoms with E-state index in [0.717, 1.165) is 4.47 Å². The van der Waals surface area contributed by atoms with Gasteiger partial charge in [0, 0.05) is 34.7 Å². The summed E-state index contributed by atoms with van der Waals surface area (Å²) in [5.74, 6) is -0.283. The van der Waals surface area contributed by atoms with Crippen LogP contribution in [0.5, 0.6) is 0 Å². The molecule has 1 saturated heterocycles. The molecule has 0 atom stereocenters. The summed E-state index contributed by atoms with van der Waals surface area (Å²) in [6.45, 7) is 1.08. The maximum absolute atomic E-state index is 12.5. The summed E-state index contributed by atoms with van der Waals surface area (Å²) in [6, 6.07) is 14.1. The molecule has 0 bridgehead atoms. The second-order valence-corrected chi connectivity index (χ2v) is 7.69. The maximum atomic E-state index is 12.5. The van der Waals surface area contributed by atoms with E-state index in [0.29, 0.717) is 47.8 Å². The normalized spacial score (nSPS) is 14.5. The van der Waals surface area contributed by atoms with Gasteiger partial charge in [-0.05, 0) is 55.3 Å². The first-order valence-corrected chi connectivity index (χ1v) is 9.70. The highest BCUT2D eigenvalue weighted by molar-refractivity contribution is 9.10. The monoisotopic (exact) mass is 445 g/mol. The zero-order valence-corrected chi connectivity index (χ0v) is 16.8. The largest absolute Gasteiger partial charge is 0.339 e. The molecule has 0 aliphatic carbocycles. The molecule has 7 heteroatoms. The Morgan fingerprint density at radius 2 is 1.81 bits per heavy atom. The number of rotatable bonds is 3. The lowest BCUT2D eigenvalue weighted by Crippen LogP contribution is -2.41. The fourth-order valence-corrected chi connectivity index (χ4v) is 3.48. The minimum atomic E-state index is -0.166. The van der Waals surface area contributed by atoms with Gasteiger partial charge in [-0.3, -0.25) is 9.59 Å². The van der Waals surface area contributed by atoms with Crippen LogP contribution < -0.4 is 5.32 Å². The fraction of sp³-hybridized carbons (Fsp3) is 0.250. The molecular weight excluding hydrogens is 430 g/mol. The van der Waals surface area contributed by atoms with E-state index in [1.165, 1.54) is 0 Å². The Bertz CT molecular complexity index is 900. The molecule has 138 valence electrons. The summed E-state index contributed by atoms with van der Waals surface area (Å²) in [6.07, 6.45) is 1.21. The number of anilines is 1. The van der Waals surface area contributed by atoms with Gasteiger partial charge in [0.25, 0.3) is 5.91 Å². The molecule has 3 rings (SSSR count). The van der Waals surface area contributed by atoms with Crippen LogP contribution in [0.1, 0.15) is 28.8 Å². The van der Waals surface area contributed by atoms with Crippen LogP contribution in [0.2, 0.25) is 5.02 Å². The number of benzene rings is 2. The number of likely N-dealkylation sites (tertiary alicyclic amines) is 1. The van der Waals surface area contributed by atoms with Crippen molar-refractivity contribution in [2.45, 2.75) is 12.8 Å². The summed E-state index contributed by atoms with van der Waals surface area (Å²) in [5, 5.41) is 12.2. The zero-order chi connectivity index (χ0) is 19.4. The van der Waals surface area contributed by atoms with E-state index < -0.39 is 0 Å². The second kappa shape index (κ2) is 8.55. The van der Waals surface area contributed by atoms with Gasteiger partial charge < -0.3 is 10.2 Å². The topological polar surface area (TPSA) is 73.2 Å². The fourth-order valence-electron chi connectivity index (χ4n) is 3.05. The summed E-state index contributed by atoms with van der Waals surface area (Å²) < 4.78 is 0.927. The number of halogens is 2. The van der Waals surface area contributed by atoms with Crippen molar-refractivity contribution in [3.63, 3.8) is 0 Å². The maximum Gasteiger partial charge on any atom is 0.253 e. The zero-order valence-electron chi connectivity index (χ0n) is 14.4. The van der Waals surface area contributed by atoms with Gasteiger partial charge in [0.1, 0.15) is 6.07 Å². The van der Waals surface area contributed by atoms with Crippen molar-refractivity contribution in [3.05, 3.63) is 63.1 Å². The summed E-state index contributed by atoms with van der Waals surface area (Å²) in [5.41, 5.74) is 1.52. The first-order valence-electron chi connectivity index (χ1n) is 8.53. The molecule has 2 amide bonds. The lowest BCUT2D eigenvalue weighted by Gasteiger charge is -2.31. The van der Waals surface area contributed by atoms with Gasteiger partial charge in [-0.2, -0.15) is 5.26 Å². The predicted octanol–water partition coefficient (Wildman–Crippen LogP) is 4.47. The van der Waals surface area contributed by atoms with Crippen LogP contribution in [0.3, 0.4) is 0 Å². The van der Waals surface area contributed by atoms with E-state index in [2.05, 4.69) is 21.2 Å². The average Bonchev–Trinajstić information content (AvgIpc) is 2.69. The van der Waals surface area contributed by atoms with E-state index in [1.54, 1.807) is 35.2 Å². The van der Waals surface area contributed by atoms with Gasteiger partial charge in [0.05, 0.1) is 10.6 Å². The second-order valence-electron chi connectivity index (χ2n) is 6.37. The molecule has 2 aromatic rings. The molecule has 1 heterocycles. The molecule has 1 fully saturated rings. The van der Waals surface area contributed by atoms with Crippen LogP contribution >= 0.6 is 27.5 Å². The average molecular weight is 447 g/mol. The molecule has 0 aromatic heterocycles. The molecule has 0 saturated carbocycles. The van der Waals surface area contributed by atoms with E-state index in [9.17, 15) is 9.59 Å². The van der Waals surface area contributed by atoms with Crippen LogP contribution in [0.25, 0.3) is 0 Å². The number of nitrogens with zero attached hydrogens (tertiary/aromatic N) is 2. The van der Waals surface area contributed by atoms with Crippen molar-refractivity contribution in [2.75, 3.05) is 18.4 Å². The molecule has 1 aliphatic rings. The van der Waals surface area contributed by atoms with Crippen molar-refractivity contribution in [1.82, 2.24) is 4.90 Å². The van der Waals surface area contributed by atoms with Gasteiger partial charge in [-0.1, -0.05) is 27.5 Å². The smallest absolute Gasteiger partial charge is 0.253 e. The van der Waals surface area contributed by atoms with E-state index in [4.69, 9.17) is 16.9 Å². The van der Waals surface area contributed by atoms with Gasteiger partial charge in [-0.25, -0.2) is 0 Å². The highest BCUT2D eigenvalue weighted by Crippen LogP contribution is 2.24. The Balaban J connectivity index is 1.57. The summed E-state index contributed by atoms with van der Waals surface area (Å²) >= 11 is 9.27. The molecule has 0 unspecified atom stereocenters. The summed E-state index contributed by atoms with van der Waals surface area (Å²) in [4.78, 5) is 26.8. The number of piperidine rings is 1. The third kappa shape index (κ3) is 4.68. The Hall–Kier alpha value is -2.36. The number of carbonyl (C=O) groups is 2. The Labute approximate surface area is 171 Å². The molecule has 0 radical (unpaired) electrons. The van der Waals surface area contributed by atoms with E-state index in [-0.39, 0.29) is 17.7 Å². The number of hydrogen-bond acceptors (Lipinski definition) is 3. The molecule has 1 N–H and O–H groups in total. The number of nitriles is 1. The molecular formula is C20H17BrClN3O2. The van der Waals surface area contributed by atoms with Crippen LogP contribution in [0.15, 0.2) is 46.9 Å². The first kappa shape index (κ1) is 19.4. The number of hydrogen-bond donors (Lipinski definition) is 1. The van der Waals surface area contributed by atoms with Crippen molar-refractivity contribution >= 4 is 45.0 Å². The third-order valence-corrected chi connectivity index (χ3v) is 5.46. The highest BCUT2D eigenvalue weighted by atomic mass is 79.9. The molecule has 5 nitrogen and oxygen atoms in total. The van der Waals surface area contributed by atoms with E-state index >= 15 is 0 Å². The highest BCUT2D eigenvalue weighted by Gasteiger charge is 2.28. The molecule has 0 spiro atoms. The van der Waals surface area contributed by atoms with Gasteiger partial charge >= 0.3 is 0 Å². The van der Waals surface area contributed by atoms with Crippen LogP contribution in [-0.2, 0) is 4.79 Å². The van der Waals surface area contributed by atoms with Gasteiger partial charge in [-0.15, -0.1) is 0 Å². The number of carbonyl (C=O) groups excluding carboxylic acids is 2. The lowest BCUT2D eigenvalue weighted by atomic mass is 9.95. The van der Waals surface area contributed by atoms with Crippen LogP contribution in [0, 0.1) is 17.2 Å². The Kier molecular flexibility index (Phi) is 6.15. The quantitative estimate of drug-likeness (QED) is 0.756. The standard InChI is InChI=1S/C20H17BrClN3O2/c21-16-3-1-14(2-4-16)20(27)25-9-7-13(8-10-25)19(26)24-17-5-6-18(22)15(11-17)12-23/h1-6,11,13H,7-10H2,(H,24,26). The van der Waals surface area contributed by atoms with Gasteiger partial charge in [0.15, 0.2) is 0 Å². The Morgan fingerprint density at radius 1 is 1.15 bits per heavy atom. The molecule has 1 aliphatic heterocycles. The van der Waals surface area contributed by atoms with Crippen molar-refractivity contribution in [2.24, 2.45) is 5.92 Å². The minimum Gasteiger partial charge on any atom is -0.339 e. The van der Waals surface area contributed by atoms with Gasteiger partial charge in [0.2, 0.25) is 5.91 Å². The summed E-state index contributed by atoms with van der Waals surface area (Å²) in [7, 11) is 0. The van der Waals surface area contributed by atoms with Crippen LogP contribution in [-0.4, -0.2) is 29.8 Å². The van der Waals surface area contributed by atoms with Crippen molar-refractivity contribution in [1.29, 1.82) is 5.26 Å². The van der Waals surface area contributed by atoms with Crippen molar-refractivity contribution < 1.29 is 9.59 Å². The first-order chi connectivity index (χ1) is 13.0. The Morgan fingerprint density at radius 3 is 2.44 bits per heavy atom. The number of nitrogens with one attached hydrogen (secondary N) is 1. The lowest BCUT2D eigenvalue weighted by molar-refractivity contribution is -0.121.